The van der Waals surface area contributed by atoms with E-state index >= 15 is 0 Å². The summed E-state index contributed by atoms with van der Waals surface area (Å²) in [6, 6.07) is 9.42. The van der Waals surface area contributed by atoms with Gasteiger partial charge in [-0.05, 0) is 24.3 Å². The second-order valence-electron chi connectivity index (χ2n) is 3.74. The maximum atomic E-state index is 12.6. The zero-order valence-electron chi connectivity index (χ0n) is 9.59. The third-order valence-electron chi connectivity index (χ3n) is 2.47. The van der Waals surface area contributed by atoms with Gasteiger partial charge in [0, 0.05) is 11.8 Å². The van der Waals surface area contributed by atoms with E-state index < -0.39 is 11.7 Å². The zero-order chi connectivity index (χ0) is 13.9. The van der Waals surface area contributed by atoms with Gasteiger partial charge in [0.1, 0.15) is 5.71 Å². The summed E-state index contributed by atoms with van der Waals surface area (Å²) in [5, 5.41) is 12.0. The van der Waals surface area contributed by atoms with E-state index in [4.69, 9.17) is 5.21 Å². The predicted octanol–water partition coefficient (Wildman–Crippen LogP) is 3.33. The number of alkyl halides is 3. The van der Waals surface area contributed by atoms with Crippen LogP contribution in [0.15, 0.2) is 53.8 Å². The lowest BCUT2D eigenvalue weighted by molar-refractivity contribution is -0.137. The molecule has 0 amide bonds. The van der Waals surface area contributed by atoms with Gasteiger partial charge in [-0.25, -0.2) is 0 Å². The Bertz CT molecular complexity index is 594. The minimum atomic E-state index is -4.44. The van der Waals surface area contributed by atoms with E-state index in [2.05, 4.69) is 10.1 Å². The van der Waals surface area contributed by atoms with Crippen molar-refractivity contribution in [2.75, 3.05) is 0 Å². The van der Waals surface area contributed by atoms with E-state index in [0.717, 1.165) is 12.1 Å². The Hall–Kier alpha value is -2.37. The van der Waals surface area contributed by atoms with Gasteiger partial charge in [0.25, 0.3) is 0 Å². The molecule has 0 bridgehead atoms. The molecule has 0 saturated carbocycles. The van der Waals surface area contributed by atoms with Gasteiger partial charge in [-0.1, -0.05) is 23.4 Å². The van der Waals surface area contributed by atoms with Crippen LogP contribution in [0.1, 0.15) is 16.8 Å². The molecule has 0 atom stereocenters. The molecule has 3 nitrogen and oxygen atoms in total. The van der Waals surface area contributed by atoms with Crippen molar-refractivity contribution in [3.63, 3.8) is 0 Å². The quantitative estimate of drug-likeness (QED) is 0.515. The van der Waals surface area contributed by atoms with Crippen molar-refractivity contribution >= 4 is 5.71 Å². The van der Waals surface area contributed by atoms with Crippen LogP contribution >= 0.6 is 0 Å². The van der Waals surface area contributed by atoms with Crippen LogP contribution in [0.3, 0.4) is 0 Å². The van der Waals surface area contributed by atoms with Gasteiger partial charge in [-0.3, -0.25) is 4.98 Å². The largest absolute Gasteiger partial charge is 0.416 e. The molecule has 1 aromatic heterocycles. The molecule has 0 unspecified atom stereocenters. The Morgan fingerprint density at radius 3 is 2.47 bits per heavy atom. The second-order valence-corrected chi connectivity index (χ2v) is 3.74. The van der Waals surface area contributed by atoms with Crippen molar-refractivity contribution in [1.82, 2.24) is 4.98 Å². The van der Waals surface area contributed by atoms with Crippen molar-refractivity contribution in [2.45, 2.75) is 6.18 Å². The maximum Gasteiger partial charge on any atom is 0.416 e. The molecule has 2 rings (SSSR count). The Morgan fingerprint density at radius 1 is 1.11 bits per heavy atom. The number of benzene rings is 1. The van der Waals surface area contributed by atoms with Gasteiger partial charge in [0.15, 0.2) is 0 Å². The molecule has 0 fully saturated rings. The number of oxime groups is 1. The van der Waals surface area contributed by atoms with Crippen LogP contribution in [-0.2, 0) is 6.18 Å². The van der Waals surface area contributed by atoms with Crippen LogP contribution in [0.5, 0.6) is 0 Å². The topological polar surface area (TPSA) is 45.5 Å². The third-order valence-corrected chi connectivity index (χ3v) is 2.47. The van der Waals surface area contributed by atoms with Crippen molar-refractivity contribution in [1.29, 1.82) is 0 Å². The Kier molecular flexibility index (Phi) is 3.50. The molecule has 0 radical (unpaired) electrons. The van der Waals surface area contributed by atoms with Crippen molar-refractivity contribution in [3.05, 3.63) is 65.5 Å². The first-order valence-electron chi connectivity index (χ1n) is 5.33. The highest BCUT2D eigenvalue weighted by Crippen LogP contribution is 2.29. The normalized spacial score (nSPS) is 12.5. The fraction of sp³-hybridized carbons (Fsp3) is 0.0769. The highest BCUT2D eigenvalue weighted by molar-refractivity contribution is 6.11. The SMILES string of the molecule is ON=C(c1cccc(C(F)(F)F)c1)c1ccccn1. The fourth-order valence-electron chi connectivity index (χ4n) is 1.60. The highest BCUT2D eigenvalue weighted by Gasteiger charge is 2.30. The van der Waals surface area contributed by atoms with Crippen molar-refractivity contribution in [2.24, 2.45) is 5.16 Å². The summed E-state index contributed by atoms with van der Waals surface area (Å²) in [7, 11) is 0. The third kappa shape index (κ3) is 2.90. The summed E-state index contributed by atoms with van der Waals surface area (Å²) in [6.07, 6.45) is -2.98. The van der Waals surface area contributed by atoms with Crippen LogP contribution in [0.4, 0.5) is 13.2 Å². The molecular formula is C13H9F3N2O. The summed E-state index contributed by atoms with van der Waals surface area (Å²) < 4.78 is 37.9. The number of rotatable bonds is 2. The van der Waals surface area contributed by atoms with E-state index in [9.17, 15) is 13.2 Å². The molecule has 98 valence electrons. The van der Waals surface area contributed by atoms with Gasteiger partial charge in [0.2, 0.25) is 0 Å². The lowest BCUT2D eigenvalue weighted by atomic mass is 10.0. The number of hydrogen-bond donors (Lipinski definition) is 1. The van der Waals surface area contributed by atoms with Crippen molar-refractivity contribution < 1.29 is 18.4 Å². The minimum absolute atomic E-state index is 0.00769. The summed E-state index contributed by atoms with van der Waals surface area (Å²) in [4.78, 5) is 3.95. The average molecular weight is 266 g/mol. The van der Waals surface area contributed by atoms with E-state index in [0.29, 0.717) is 5.69 Å². The van der Waals surface area contributed by atoms with Gasteiger partial charge in [-0.2, -0.15) is 13.2 Å². The van der Waals surface area contributed by atoms with E-state index in [-0.39, 0.29) is 11.3 Å². The molecule has 0 aliphatic rings. The van der Waals surface area contributed by atoms with Crippen LogP contribution in [-0.4, -0.2) is 15.9 Å². The molecule has 19 heavy (non-hydrogen) atoms. The molecule has 1 aromatic carbocycles. The molecule has 0 saturated heterocycles. The highest BCUT2D eigenvalue weighted by atomic mass is 19.4. The van der Waals surface area contributed by atoms with Crippen LogP contribution in [0.25, 0.3) is 0 Å². The summed E-state index contributed by atoms with van der Waals surface area (Å²) >= 11 is 0. The lowest BCUT2D eigenvalue weighted by Gasteiger charge is -2.09. The summed E-state index contributed by atoms with van der Waals surface area (Å²) in [6.45, 7) is 0. The van der Waals surface area contributed by atoms with Crippen molar-refractivity contribution in [3.8, 4) is 0 Å². The number of nitrogens with zero attached hydrogens (tertiary/aromatic N) is 2. The Labute approximate surface area is 107 Å². The number of halogens is 3. The summed E-state index contributed by atoms with van der Waals surface area (Å²) in [5.74, 6) is 0. The average Bonchev–Trinajstić information content (AvgIpc) is 2.40. The van der Waals surface area contributed by atoms with Gasteiger partial charge in [-0.15, -0.1) is 0 Å². The molecule has 0 aliphatic heterocycles. The number of aromatic nitrogens is 1. The van der Waals surface area contributed by atoms with Crippen LogP contribution < -0.4 is 0 Å². The first-order valence-corrected chi connectivity index (χ1v) is 5.33. The molecule has 0 spiro atoms. The minimum Gasteiger partial charge on any atom is -0.410 e. The van der Waals surface area contributed by atoms with Gasteiger partial charge in [0.05, 0.1) is 11.3 Å². The Morgan fingerprint density at radius 2 is 1.89 bits per heavy atom. The molecule has 0 aliphatic carbocycles. The fourth-order valence-corrected chi connectivity index (χ4v) is 1.60. The van der Waals surface area contributed by atoms with Gasteiger partial charge >= 0.3 is 6.18 Å². The van der Waals surface area contributed by atoms with E-state index in [1.54, 1.807) is 18.2 Å². The number of hydrogen-bond acceptors (Lipinski definition) is 3. The first kappa shape index (κ1) is 13.1. The maximum absolute atomic E-state index is 12.6. The molecule has 6 heteroatoms. The molecule has 2 aromatic rings. The van der Waals surface area contributed by atoms with Crippen LogP contribution in [0.2, 0.25) is 0 Å². The van der Waals surface area contributed by atoms with E-state index in [1.165, 1.54) is 18.3 Å². The van der Waals surface area contributed by atoms with Crippen LogP contribution in [0, 0.1) is 0 Å². The lowest BCUT2D eigenvalue weighted by Crippen LogP contribution is -2.09. The summed E-state index contributed by atoms with van der Waals surface area (Å²) in [5.41, 5.74) is -0.367. The second kappa shape index (κ2) is 5.09. The van der Waals surface area contributed by atoms with Gasteiger partial charge < -0.3 is 5.21 Å². The smallest absolute Gasteiger partial charge is 0.410 e. The first-order chi connectivity index (χ1) is 9.02. The molecule has 1 N–H and O–H groups in total. The standard InChI is InChI=1S/C13H9F3N2O/c14-13(15,16)10-5-3-4-9(8-10)12(18-19)11-6-1-2-7-17-11/h1-8,19H. The molecule has 1 heterocycles. The monoisotopic (exact) mass is 266 g/mol. The Balaban J connectivity index is 2.47. The predicted molar refractivity (Wildman–Crippen MR) is 63.1 cm³/mol. The zero-order valence-corrected chi connectivity index (χ0v) is 9.59. The van der Waals surface area contributed by atoms with E-state index in [1.807, 2.05) is 0 Å². The number of pyridine rings is 1. The molecular weight excluding hydrogens is 257 g/mol.